The molecule has 0 aliphatic heterocycles. The Balaban J connectivity index is 4.14. The SMILES string of the molecule is CC/C=C\C/C=C\C/C=C\C/C=C\C/C=C\CCCCCCCCCCCCCC(=O)OCC(COC(=O)CCCCCCCCCC)OC(=O)CCCCCCCCCCCCCCCCCCCCCC. The highest BCUT2D eigenvalue weighted by atomic mass is 16.6. The van der Waals surface area contributed by atoms with E-state index in [-0.39, 0.29) is 31.1 Å². The van der Waals surface area contributed by atoms with Gasteiger partial charge >= 0.3 is 17.9 Å². The molecule has 0 rings (SSSR count). The Morgan fingerprint density at radius 1 is 0.288 bits per heavy atom. The monoisotopic (exact) mass is 1020 g/mol. The van der Waals surface area contributed by atoms with Crippen molar-refractivity contribution in [3.63, 3.8) is 0 Å². The lowest BCUT2D eigenvalue weighted by Crippen LogP contribution is -2.30. The zero-order valence-corrected chi connectivity index (χ0v) is 48.7. The lowest BCUT2D eigenvalue weighted by molar-refractivity contribution is -0.167. The van der Waals surface area contributed by atoms with Crippen LogP contribution in [-0.2, 0) is 28.6 Å². The van der Waals surface area contributed by atoms with Crippen molar-refractivity contribution in [2.75, 3.05) is 13.2 Å². The molecule has 0 saturated carbocycles. The number of rotatable bonds is 58. The summed E-state index contributed by atoms with van der Waals surface area (Å²) in [6.07, 6.45) is 78.2. The van der Waals surface area contributed by atoms with Crippen molar-refractivity contribution in [2.45, 2.75) is 335 Å². The summed E-state index contributed by atoms with van der Waals surface area (Å²) < 4.78 is 16.9. The molecule has 0 fully saturated rings. The van der Waals surface area contributed by atoms with Crippen LogP contribution in [0.15, 0.2) is 60.8 Å². The van der Waals surface area contributed by atoms with Gasteiger partial charge in [0.05, 0.1) is 0 Å². The van der Waals surface area contributed by atoms with Crippen LogP contribution in [0, 0.1) is 0 Å². The topological polar surface area (TPSA) is 78.9 Å². The largest absolute Gasteiger partial charge is 0.462 e. The highest BCUT2D eigenvalue weighted by molar-refractivity contribution is 5.71. The van der Waals surface area contributed by atoms with Gasteiger partial charge in [-0.2, -0.15) is 0 Å². The van der Waals surface area contributed by atoms with Gasteiger partial charge in [-0.15, -0.1) is 0 Å². The predicted molar refractivity (Wildman–Crippen MR) is 316 cm³/mol. The molecule has 1 unspecified atom stereocenters. The Kier molecular flexibility index (Phi) is 59.2. The molecule has 0 aromatic carbocycles. The molecule has 73 heavy (non-hydrogen) atoms. The van der Waals surface area contributed by atoms with Crippen LogP contribution >= 0.6 is 0 Å². The third-order valence-corrected chi connectivity index (χ3v) is 14.0. The molecule has 0 saturated heterocycles. The molecule has 0 aliphatic carbocycles. The maximum atomic E-state index is 12.9. The number of carbonyl (C=O) groups excluding carboxylic acids is 3. The van der Waals surface area contributed by atoms with Gasteiger partial charge in [0, 0.05) is 19.3 Å². The molecule has 0 spiro atoms. The third-order valence-electron chi connectivity index (χ3n) is 14.0. The van der Waals surface area contributed by atoms with E-state index >= 15 is 0 Å². The maximum Gasteiger partial charge on any atom is 0.306 e. The molecule has 0 aromatic heterocycles. The van der Waals surface area contributed by atoms with Crippen molar-refractivity contribution in [3.8, 4) is 0 Å². The van der Waals surface area contributed by atoms with Gasteiger partial charge in [0.1, 0.15) is 13.2 Å². The first-order chi connectivity index (χ1) is 36.0. The second kappa shape index (κ2) is 61.7. The fourth-order valence-corrected chi connectivity index (χ4v) is 9.30. The molecular formula is C67H120O6. The number of ether oxygens (including phenoxy) is 3. The number of esters is 3. The van der Waals surface area contributed by atoms with Crippen molar-refractivity contribution in [3.05, 3.63) is 60.8 Å². The Hall–Kier alpha value is -2.89. The van der Waals surface area contributed by atoms with Crippen LogP contribution in [0.4, 0.5) is 0 Å². The van der Waals surface area contributed by atoms with E-state index in [0.717, 1.165) is 89.9 Å². The van der Waals surface area contributed by atoms with Gasteiger partial charge in [-0.05, 0) is 64.2 Å². The second-order valence-electron chi connectivity index (χ2n) is 21.3. The summed E-state index contributed by atoms with van der Waals surface area (Å²) in [7, 11) is 0. The highest BCUT2D eigenvalue weighted by Crippen LogP contribution is 2.17. The van der Waals surface area contributed by atoms with Gasteiger partial charge in [0.15, 0.2) is 6.10 Å². The Bertz CT molecular complexity index is 1310. The van der Waals surface area contributed by atoms with Crippen LogP contribution in [0.25, 0.3) is 0 Å². The Morgan fingerprint density at radius 2 is 0.534 bits per heavy atom. The summed E-state index contributed by atoms with van der Waals surface area (Å²) in [5.74, 6) is -0.859. The molecule has 0 heterocycles. The number of hydrogen-bond acceptors (Lipinski definition) is 6. The molecule has 6 heteroatoms. The molecule has 0 aromatic rings. The summed E-state index contributed by atoms with van der Waals surface area (Å²) in [5.41, 5.74) is 0. The number of hydrogen-bond donors (Lipinski definition) is 0. The van der Waals surface area contributed by atoms with Crippen molar-refractivity contribution < 1.29 is 28.6 Å². The van der Waals surface area contributed by atoms with E-state index in [9.17, 15) is 14.4 Å². The van der Waals surface area contributed by atoms with E-state index in [1.54, 1.807) is 0 Å². The number of unbranched alkanes of at least 4 members (excludes halogenated alkanes) is 37. The molecule has 424 valence electrons. The van der Waals surface area contributed by atoms with Crippen LogP contribution in [0.2, 0.25) is 0 Å². The predicted octanol–water partition coefficient (Wildman–Crippen LogP) is 21.6. The fraction of sp³-hybridized carbons (Fsp3) is 0.806. The zero-order valence-electron chi connectivity index (χ0n) is 48.7. The van der Waals surface area contributed by atoms with E-state index in [1.165, 1.54) is 199 Å². The molecule has 0 radical (unpaired) electrons. The van der Waals surface area contributed by atoms with Crippen molar-refractivity contribution >= 4 is 17.9 Å². The maximum absolute atomic E-state index is 12.9. The molecule has 6 nitrogen and oxygen atoms in total. The minimum absolute atomic E-state index is 0.0702. The van der Waals surface area contributed by atoms with Crippen molar-refractivity contribution in [2.24, 2.45) is 0 Å². The lowest BCUT2D eigenvalue weighted by Gasteiger charge is -2.18. The Labute approximate surface area is 453 Å². The molecule has 0 amide bonds. The van der Waals surface area contributed by atoms with E-state index < -0.39 is 6.10 Å². The molecule has 1 atom stereocenters. The quantitative estimate of drug-likeness (QED) is 0.0261. The van der Waals surface area contributed by atoms with Gasteiger partial charge < -0.3 is 14.2 Å². The minimum Gasteiger partial charge on any atom is -0.462 e. The standard InChI is InChI=1S/C67H120O6/c1-4-7-10-13-16-19-21-23-25-27-29-31-32-33-34-35-36-37-39-40-42-44-46-48-51-54-57-60-66(69)72-63-64(62-71-65(68)59-56-53-50-18-15-12-9-6-3)73-67(70)61-58-55-52-49-47-45-43-41-38-30-28-26-24-22-20-17-14-11-8-5-2/h7,10,16,19,23,25,29,31,33-34,64H,4-6,8-9,11-15,17-18,20-22,24,26-28,30,32,35-63H2,1-3H3/b10-7-,19-16-,25-23-,31-29-,34-33-. The van der Waals surface area contributed by atoms with E-state index in [4.69, 9.17) is 14.2 Å². The number of allylic oxidation sites excluding steroid dienone is 10. The summed E-state index contributed by atoms with van der Waals surface area (Å²) in [5, 5.41) is 0. The molecule has 0 N–H and O–H groups in total. The molecule has 0 aliphatic rings. The molecular weight excluding hydrogens is 901 g/mol. The zero-order chi connectivity index (χ0) is 52.9. The van der Waals surface area contributed by atoms with Gasteiger partial charge in [-0.3, -0.25) is 14.4 Å². The fourth-order valence-electron chi connectivity index (χ4n) is 9.30. The summed E-state index contributed by atoms with van der Waals surface area (Å²) in [4.78, 5) is 38.1. The average molecular weight is 1020 g/mol. The number of carbonyl (C=O) groups is 3. The summed E-state index contributed by atoms with van der Waals surface area (Å²) >= 11 is 0. The van der Waals surface area contributed by atoms with Gasteiger partial charge in [0.2, 0.25) is 0 Å². The first-order valence-corrected chi connectivity index (χ1v) is 31.8. The second-order valence-corrected chi connectivity index (χ2v) is 21.3. The van der Waals surface area contributed by atoms with E-state index in [0.29, 0.717) is 19.3 Å². The minimum atomic E-state index is -0.770. The lowest BCUT2D eigenvalue weighted by atomic mass is 10.0. The van der Waals surface area contributed by atoms with Crippen LogP contribution in [0.5, 0.6) is 0 Å². The van der Waals surface area contributed by atoms with Crippen molar-refractivity contribution in [1.82, 2.24) is 0 Å². The smallest absolute Gasteiger partial charge is 0.306 e. The van der Waals surface area contributed by atoms with Gasteiger partial charge in [-0.25, -0.2) is 0 Å². The molecule has 0 bridgehead atoms. The highest BCUT2D eigenvalue weighted by Gasteiger charge is 2.19. The van der Waals surface area contributed by atoms with E-state index in [1.807, 2.05) is 0 Å². The van der Waals surface area contributed by atoms with Crippen LogP contribution in [0.3, 0.4) is 0 Å². The van der Waals surface area contributed by atoms with Gasteiger partial charge in [-0.1, -0.05) is 306 Å². The first kappa shape index (κ1) is 70.1. The van der Waals surface area contributed by atoms with Crippen LogP contribution in [0.1, 0.15) is 329 Å². The Morgan fingerprint density at radius 3 is 0.836 bits per heavy atom. The average Bonchev–Trinajstić information content (AvgIpc) is 3.39. The van der Waals surface area contributed by atoms with Crippen LogP contribution < -0.4 is 0 Å². The van der Waals surface area contributed by atoms with Crippen molar-refractivity contribution in [1.29, 1.82) is 0 Å². The van der Waals surface area contributed by atoms with Crippen LogP contribution in [-0.4, -0.2) is 37.2 Å². The summed E-state index contributed by atoms with van der Waals surface area (Å²) in [6, 6.07) is 0. The summed E-state index contributed by atoms with van der Waals surface area (Å²) in [6.45, 7) is 6.54. The first-order valence-electron chi connectivity index (χ1n) is 31.8. The van der Waals surface area contributed by atoms with E-state index in [2.05, 4.69) is 81.5 Å². The normalized spacial score (nSPS) is 12.4. The third kappa shape index (κ3) is 59.9. The van der Waals surface area contributed by atoms with Gasteiger partial charge in [0.25, 0.3) is 0 Å².